The van der Waals surface area contributed by atoms with Crippen LogP contribution in [-0.4, -0.2) is 23.2 Å². The van der Waals surface area contributed by atoms with E-state index in [4.69, 9.17) is 14.9 Å². The lowest BCUT2D eigenvalue weighted by atomic mass is 9.97. The second-order valence-electron chi connectivity index (χ2n) is 6.49. The molecule has 2 heterocycles. The first-order chi connectivity index (χ1) is 13.7. The summed E-state index contributed by atoms with van der Waals surface area (Å²) in [6.45, 7) is 2.48. The lowest BCUT2D eigenvalue weighted by molar-refractivity contribution is 0.0676. The van der Waals surface area contributed by atoms with E-state index in [-0.39, 0.29) is 17.7 Å². The molecule has 0 saturated carbocycles. The fraction of sp³-hybridized carbons (Fsp3) is 0.182. The lowest BCUT2D eigenvalue weighted by Crippen LogP contribution is -2.27. The molecule has 0 fully saturated rings. The van der Waals surface area contributed by atoms with E-state index in [1.54, 1.807) is 12.1 Å². The highest BCUT2D eigenvalue weighted by molar-refractivity contribution is 6.04. The molecule has 0 bridgehead atoms. The Morgan fingerprint density at radius 1 is 1.18 bits per heavy atom. The highest BCUT2D eigenvalue weighted by Crippen LogP contribution is 2.38. The van der Waals surface area contributed by atoms with Crippen molar-refractivity contribution in [3.05, 3.63) is 83.8 Å². The molecule has 1 unspecified atom stereocenters. The SMILES string of the molecule is CCOc1ccccc1C1CC(c2ccc(N)cc2)=NN1C(=O)c1ccco1. The van der Waals surface area contributed by atoms with Gasteiger partial charge in [0.2, 0.25) is 0 Å². The molecule has 1 aliphatic rings. The minimum atomic E-state index is -0.285. The fourth-order valence-electron chi connectivity index (χ4n) is 3.35. The number of benzene rings is 2. The van der Waals surface area contributed by atoms with Crippen molar-refractivity contribution in [2.75, 3.05) is 12.3 Å². The van der Waals surface area contributed by atoms with Crippen LogP contribution in [0.2, 0.25) is 0 Å². The molecule has 1 atom stereocenters. The molecule has 3 aromatic rings. The van der Waals surface area contributed by atoms with Crippen molar-refractivity contribution in [1.29, 1.82) is 0 Å². The molecule has 4 rings (SSSR count). The number of nitrogens with two attached hydrogens (primary N) is 1. The quantitative estimate of drug-likeness (QED) is 0.676. The van der Waals surface area contributed by atoms with Crippen LogP contribution >= 0.6 is 0 Å². The van der Waals surface area contributed by atoms with Crippen LogP contribution < -0.4 is 10.5 Å². The fourth-order valence-corrected chi connectivity index (χ4v) is 3.35. The summed E-state index contributed by atoms with van der Waals surface area (Å²) in [6, 6.07) is 18.3. The summed E-state index contributed by atoms with van der Waals surface area (Å²) in [5, 5.41) is 6.14. The van der Waals surface area contributed by atoms with E-state index in [1.165, 1.54) is 11.3 Å². The van der Waals surface area contributed by atoms with Crippen LogP contribution in [0.5, 0.6) is 5.75 Å². The van der Waals surface area contributed by atoms with Crippen LogP contribution in [0.25, 0.3) is 0 Å². The molecule has 28 heavy (non-hydrogen) atoms. The third-order valence-corrected chi connectivity index (χ3v) is 4.67. The zero-order valence-corrected chi connectivity index (χ0v) is 15.5. The largest absolute Gasteiger partial charge is 0.494 e. The Morgan fingerprint density at radius 3 is 2.68 bits per heavy atom. The first kappa shape index (κ1) is 17.9. The summed E-state index contributed by atoms with van der Waals surface area (Å²) in [7, 11) is 0. The Kier molecular flexibility index (Phi) is 4.85. The van der Waals surface area contributed by atoms with Crippen molar-refractivity contribution < 1.29 is 13.9 Å². The topological polar surface area (TPSA) is 81.1 Å². The van der Waals surface area contributed by atoms with Crippen LogP contribution in [0.15, 0.2) is 76.4 Å². The van der Waals surface area contributed by atoms with Gasteiger partial charge < -0.3 is 14.9 Å². The van der Waals surface area contributed by atoms with Crippen LogP contribution in [0, 0.1) is 0 Å². The number of rotatable bonds is 5. The molecule has 1 amide bonds. The lowest BCUT2D eigenvalue weighted by Gasteiger charge is -2.23. The summed E-state index contributed by atoms with van der Waals surface area (Å²) < 4.78 is 11.1. The van der Waals surface area contributed by atoms with E-state index in [2.05, 4.69) is 5.10 Å². The molecule has 2 N–H and O–H groups in total. The Labute approximate surface area is 163 Å². The number of nitrogen functional groups attached to an aromatic ring is 1. The first-order valence-corrected chi connectivity index (χ1v) is 9.19. The molecule has 6 nitrogen and oxygen atoms in total. The van der Waals surface area contributed by atoms with Crippen LogP contribution in [0.1, 0.15) is 41.1 Å². The number of anilines is 1. The molecule has 0 aliphatic carbocycles. The van der Waals surface area contributed by atoms with E-state index in [1.807, 2.05) is 55.5 Å². The van der Waals surface area contributed by atoms with Crippen molar-refractivity contribution >= 4 is 17.3 Å². The predicted octanol–water partition coefficient (Wildman–Crippen LogP) is 4.25. The van der Waals surface area contributed by atoms with Crippen LogP contribution in [-0.2, 0) is 0 Å². The van der Waals surface area contributed by atoms with Gasteiger partial charge in [-0.2, -0.15) is 5.10 Å². The Balaban J connectivity index is 1.74. The van der Waals surface area contributed by atoms with Gasteiger partial charge in [-0.05, 0) is 42.8 Å². The number of ether oxygens (including phenoxy) is 1. The maximum absolute atomic E-state index is 13.1. The van der Waals surface area contributed by atoms with Gasteiger partial charge in [-0.15, -0.1) is 0 Å². The third-order valence-electron chi connectivity index (χ3n) is 4.67. The van der Waals surface area contributed by atoms with E-state index in [0.29, 0.717) is 18.7 Å². The summed E-state index contributed by atoms with van der Waals surface area (Å²) >= 11 is 0. The second-order valence-corrected chi connectivity index (χ2v) is 6.49. The van der Waals surface area contributed by atoms with Gasteiger partial charge in [0.15, 0.2) is 5.76 Å². The molecular formula is C22H21N3O3. The van der Waals surface area contributed by atoms with Crippen molar-refractivity contribution in [2.45, 2.75) is 19.4 Å². The standard InChI is InChI=1S/C22H21N3O3/c1-2-27-20-7-4-3-6-17(20)19-14-18(15-9-11-16(23)12-10-15)24-25(19)22(26)21-8-5-13-28-21/h3-13,19H,2,14,23H2,1H3. The maximum atomic E-state index is 13.1. The molecule has 6 heteroatoms. The minimum Gasteiger partial charge on any atom is -0.494 e. The number of carbonyl (C=O) groups is 1. The van der Waals surface area contributed by atoms with Gasteiger partial charge in [-0.25, -0.2) is 5.01 Å². The number of furan rings is 1. The number of hydrogen-bond donors (Lipinski definition) is 1. The maximum Gasteiger partial charge on any atom is 0.310 e. The Hall–Kier alpha value is -3.54. The number of para-hydroxylation sites is 1. The zero-order chi connectivity index (χ0) is 19.5. The van der Waals surface area contributed by atoms with Crippen molar-refractivity contribution in [1.82, 2.24) is 5.01 Å². The number of amides is 1. The van der Waals surface area contributed by atoms with Gasteiger partial charge in [0.05, 0.1) is 24.6 Å². The molecule has 1 aromatic heterocycles. The summed E-state index contributed by atoms with van der Waals surface area (Å²) in [5.41, 5.74) is 9.15. The van der Waals surface area contributed by atoms with Gasteiger partial charge in [-0.3, -0.25) is 4.79 Å². The Morgan fingerprint density at radius 2 is 1.96 bits per heavy atom. The van der Waals surface area contributed by atoms with E-state index >= 15 is 0 Å². The monoisotopic (exact) mass is 375 g/mol. The number of hydrazone groups is 1. The normalized spacial score (nSPS) is 16.1. The summed E-state index contributed by atoms with van der Waals surface area (Å²) in [5.74, 6) is 0.717. The van der Waals surface area contributed by atoms with Gasteiger partial charge >= 0.3 is 5.91 Å². The average molecular weight is 375 g/mol. The third kappa shape index (κ3) is 3.36. The highest BCUT2D eigenvalue weighted by Gasteiger charge is 2.36. The smallest absolute Gasteiger partial charge is 0.310 e. The molecule has 2 aromatic carbocycles. The highest BCUT2D eigenvalue weighted by atomic mass is 16.5. The molecule has 0 radical (unpaired) electrons. The molecule has 142 valence electrons. The zero-order valence-electron chi connectivity index (χ0n) is 15.5. The van der Waals surface area contributed by atoms with Gasteiger partial charge in [0.25, 0.3) is 0 Å². The average Bonchev–Trinajstić information content (AvgIpc) is 3.39. The molecular weight excluding hydrogens is 354 g/mol. The van der Waals surface area contributed by atoms with Crippen molar-refractivity contribution in [3.8, 4) is 5.75 Å². The van der Waals surface area contributed by atoms with Crippen molar-refractivity contribution in [2.24, 2.45) is 5.10 Å². The second kappa shape index (κ2) is 7.60. The summed E-state index contributed by atoms with van der Waals surface area (Å²) in [6.07, 6.45) is 2.05. The number of nitrogens with zero attached hydrogens (tertiary/aromatic N) is 2. The van der Waals surface area contributed by atoms with Crippen LogP contribution in [0.3, 0.4) is 0 Å². The minimum absolute atomic E-state index is 0.251. The number of hydrogen-bond acceptors (Lipinski definition) is 5. The van der Waals surface area contributed by atoms with E-state index in [9.17, 15) is 4.79 Å². The number of carbonyl (C=O) groups excluding carboxylic acids is 1. The summed E-state index contributed by atoms with van der Waals surface area (Å²) in [4.78, 5) is 13.1. The molecule has 0 saturated heterocycles. The first-order valence-electron chi connectivity index (χ1n) is 9.19. The van der Waals surface area contributed by atoms with Gasteiger partial charge in [0, 0.05) is 17.7 Å². The van der Waals surface area contributed by atoms with E-state index in [0.717, 1.165) is 22.6 Å². The van der Waals surface area contributed by atoms with Crippen LogP contribution in [0.4, 0.5) is 5.69 Å². The molecule has 0 spiro atoms. The predicted molar refractivity (Wildman–Crippen MR) is 107 cm³/mol. The molecule has 1 aliphatic heterocycles. The van der Waals surface area contributed by atoms with E-state index < -0.39 is 0 Å². The Bertz CT molecular complexity index is 994. The van der Waals surface area contributed by atoms with Gasteiger partial charge in [-0.1, -0.05) is 30.3 Å². The van der Waals surface area contributed by atoms with Crippen molar-refractivity contribution in [3.63, 3.8) is 0 Å². The van der Waals surface area contributed by atoms with Gasteiger partial charge in [0.1, 0.15) is 5.75 Å².